The summed E-state index contributed by atoms with van der Waals surface area (Å²) in [5, 5.41) is 17.2. The van der Waals surface area contributed by atoms with E-state index >= 15 is 0 Å². The number of hydrogen-bond acceptors (Lipinski definition) is 3. The summed E-state index contributed by atoms with van der Waals surface area (Å²) in [5.74, 6) is -0.207. The number of aliphatic carboxylic acids is 1. The van der Waals surface area contributed by atoms with E-state index < -0.39 is 5.97 Å². The zero-order valence-corrected chi connectivity index (χ0v) is 14.5. The van der Waals surface area contributed by atoms with Crippen molar-refractivity contribution >= 4 is 5.97 Å². The Morgan fingerprint density at radius 1 is 1.43 bits per heavy atom. The van der Waals surface area contributed by atoms with Gasteiger partial charge in [-0.3, -0.25) is 9.48 Å². The average Bonchev–Trinajstić information content (AvgIpc) is 2.84. The molecule has 0 atom stereocenters. The molecular weight excluding hydrogens is 290 g/mol. The van der Waals surface area contributed by atoms with Gasteiger partial charge in [-0.05, 0) is 55.4 Å². The van der Waals surface area contributed by atoms with Crippen LogP contribution in [0.4, 0.5) is 0 Å². The molecule has 2 aliphatic rings. The third-order valence-corrected chi connectivity index (χ3v) is 6.03. The molecule has 128 valence electrons. The van der Waals surface area contributed by atoms with Gasteiger partial charge in [-0.25, -0.2) is 0 Å². The van der Waals surface area contributed by atoms with E-state index in [1.54, 1.807) is 0 Å². The fraction of sp³-hybridized carbons (Fsp3) is 0.778. The number of carbonyl (C=O) groups is 1. The van der Waals surface area contributed by atoms with Crippen molar-refractivity contribution < 1.29 is 9.90 Å². The highest BCUT2D eigenvalue weighted by Gasteiger charge is 2.46. The second-order valence-electron chi connectivity index (χ2n) is 7.92. The van der Waals surface area contributed by atoms with Gasteiger partial charge in [0.15, 0.2) is 0 Å². The molecule has 2 N–H and O–H groups in total. The Bertz CT molecular complexity index is 563. The summed E-state index contributed by atoms with van der Waals surface area (Å²) in [6.07, 6.45) is 8.29. The summed E-state index contributed by atoms with van der Waals surface area (Å²) in [6.45, 7) is 5.29. The van der Waals surface area contributed by atoms with Crippen LogP contribution < -0.4 is 5.32 Å². The van der Waals surface area contributed by atoms with Crippen LogP contribution in [-0.4, -0.2) is 26.9 Å². The van der Waals surface area contributed by atoms with E-state index in [1.165, 1.54) is 24.1 Å². The smallest absolute Gasteiger partial charge is 0.306 e. The van der Waals surface area contributed by atoms with Gasteiger partial charge in [0.25, 0.3) is 0 Å². The molecule has 0 aromatic carbocycles. The largest absolute Gasteiger partial charge is 0.481 e. The second-order valence-corrected chi connectivity index (χ2v) is 7.92. The van der Waals surface area contributed by atoms with E-state index in [9.17, 15) is 4.79 Å². The van der Waals surface area contributed by atoms with Crippen LogP contribution >= 0.6 is 0 Å². The van der Waals surface area contributed by atoms with Crippen LogP contribution in [0.5, 0.6) is 0 Å². The van der Waals surface area contributed by atoms with Crippen molar-refractivity contribution in [2.24, 2.45) is 18.4 Å². The molecule has 3 rings (SSSR count). The van der Waals surface area contributed by atoms with Crippen molar-refractivity contribution in [1.29, 1.82) is 0 Å². The zero-order chi connectivity index (χ0) is 16.6. The van der Waals surface area contributed by atoms with Crippen LogP contribution in [0.2, 0.25) is 0 Å². The number of hydrogen-bond donors (Lipinski definition) is 2. The Morgan fingerprint density at radius 2 is 2.09 bits per heavy atom. The number of nitrogens with one attached hydrogen (secondary N) is 1. The van der Waals surface area contributed by atoms with Crippen LogP contribution in [-0.2, 0) is 18.4 Å². The Hall–Kier alpha value is -1.36. The molecule has 5 heteroatoms. The van der Waals surface area contributed by atoms with Gasteiger partial charge in [-0.2, -0.15) is 5.10 Å². The minimum atomic E-state index is -0.605. The highest BCUT2D eigenvalue weighted by molar-refractivity contribution is 5.70. The summed E-state index contributed by atoms with van der Waals surface area (Å²) < 4.78 is 1.98. The highest BCUT2D eigenvalue weighted by atomic mass is 16.4. The molecule has 23 heavy (non-hydrogen) atoms. The Balaban J connectivity index is 1.48. The Labute approximate surface area is 138 Å². The number of carboxylic acid groups (broad SMARTS) is 1. The molecular formula is C18H29N3O2. The second kappa shape index (κ2) is 6.27. The van der Waals surface area contributed by atoms with Gasteiger partial charge in [0.2, 0.25) is 0 Å². The molecule has 5 nitrogen and oxygen atoms in total. The van der Waals surface area contributed by atoms with E-state index in [0.717, 1.165) is 32.2 Å². The quantitative estimate of drug-likeness (QED) is 0.875. The van der Waals surface area contributed by atoms with E-state index in [0.29, 0.717) is 17.4 Å². The number of rotatable bonds is 5. The molecule has 0 amide bonds. The first-order valence-electron chi connectivity index (χ1n) is 8.87. The molecule has 0 bridgehead atoms. The summed E-state index contributed by atoms with van der Waals surface area (Å²) in [7, 11) is 2.01. The van der Waals surface area contributed by atoms with Crippen molar-refractivity contribution in [2.75, 3.05) is 0 Å². The van der Waals surface area contributed by atoms with Gasteiger partial charge in [0.1, 0.15) is 0 Å². The molecule has 1 heterocycles. The Kier molecular flexibility index (Phi) is 4.50. The molecule has 0 radical (unpaired) electrons. The van der Waals surface area contributed by atoms with Crippen molar-refractivity contribution in [1.82, 2.24) is 15.1 Å². The van der Waals surface area contributed by atoms with Crippen LogP contribution in [0, 0.1) is 11.3 Å². The lowest BCUT2D eigenvalue weighted by Crippen LogP contribution is -2.50. The first kappa shape index (κ1) is 16.5. The Morgan fingerprint density at radius 3 is 2.65 bits per heavy atom. The fourth-order valence-corrected chi connectivity index (χ4v) is 4.43. The summed E-state index contributed by atoms with van der Waals surface area (Å²) in [4.78, 5) is 11.1. The van der Waals surface area contributed by atoms with E-state index in [4.69, 9.17) is 5.11 Å². The first-order valence-corrected chi connectivity index (χ1v) is 8.87. The normalized spacial score (nSPS) is 30.6. The van der Waals surface area contributed by atoms with Crippen molar-refractivity contribution in [3.63, 3.8) is 0 Å². The maximum atomic E-state index is 11.1. The molecule has 0 saturated heterocycles. The van der Waals surface area contributed by atoms with Gasteiger partial charge in [0, 0.05) is 19.6 Å². The minimum absolute atomic E-state index is 0.101. The third kappa shape index (κ3) is 3.30. The van der Waals surface area contributed by atoms with Gasteiger partial charge in [-0.15, -0.1) is 0 Å². The first-order chi connectivity index (χ1) is 10.9. The van der Waals surface area contributed by atoms with Crippen molar-refractivity contribution in [2.45, 2.75) is 70.9 Å². The fourth-order valence-electron chi connectivity index (χ4n) is 4.43. The zero-order valence-electron chi connectivity index (χ0n) is 14.5. The van der Waals surface area contributed by atoms with Crippen LogP contribution in [0.15, 0.2) is 6.20 Å². The number of nitrogens with zero attached hydrogens (tertiary/aromatic N) is 2. The van der Waals surface area contributed by atoms with Gasteiger partial charge in [-0.1, -0.05) is 13.8 Å². The monoisotopic (exact) mass is 319 g/mol. The summed E-state index contributed by atoms with van der Waals surface area (Å²) in [5.41, 5.74) is 3.04. The topological polar surface area (TPSA) is 67.2 Å². The molecule has 1 aromatic rings. The van der Waals surface area contributed by atoms with Gasteiger partial charge >= 0.3 is 5.97 Å². The molecule has 0 unspecified atom stereocenters. The standard InChI is InChI=1S/C18H29N3O2/c1-12(2)15-10-20-21(3)16(15)11-19-14-8-18(9-14)6-4-13(5-7-18)17(22)23/h10,12-14,19H,4-9,11H2,1-3H3,(H,22,23). The molecule has 2 fully saturated rings. The van der Waals surface area contributed by atoms with E-state index in [-0.39, 0.29) is 5.92 Å². The molecule has 2 saturated carbocycles. The predicted molar refractivity (Wildman–Crippen MR) is 89.2 cm³/mol. The van der Waals surface area contributed by atoms with Crippen molar-refractivity contribution in [3.05, 3.63) is 17.5 Å². The van der Waals surface area contributed by atoms with Gasteiger partial charge < -0.3 is 10.4 Å². The van der Waals surface area contributed by atoms with Crippen molar-refractivity contribution in [3.8, 4) is 0 Å². The lowest BCUT2D eigenvalue weighted by atomic mass is 9.57. The predicted octanol–water partition coefficient (Wildman–Crippen LogP) is 3.06. The summed E-state index contributed by atoms with van der Waals surface area (Å²) in [6, 6.07) is 0.575. The van der Waals surface area contributed by atoms with E-state index in [2.05, 4.69) is 24.3 Å². The van der Waals surface area contributed by atoms with Gasteiger partial charge in [0.05, 0.1) is 17.8 Å². The lowest BCUT2D eigenvalue weighted by molar-refractivity contribution is -0.144. The summed E-state index contributed by atoms with van der Waals surface area (Å²) >= 11 is 0. The number of aryl methyl sites for hydroxylation is 1. The van der Waals surface area contributed by atoms with Crippen LogP contribution in [0.25, 0.3) is 0 Å². The third-order valence-electron chi connectivity index (χ3n) is 6.03. The maximum Gasteiger partial charge on any atom is 0.306 e. The SMILES string of the molecule is CC(C)c1cnn(C)c1CNC1CC2(CCC(C(=O)O)CC2)C1. The van der Waals surface area contributed by atoms with Crippen LogP contribution in [0.1, 0.15) is 69.5 Å². The number of carboxylic acids is 1. The molecule has 1 spiro atoms. The lowest BCUT2D eigenvalue weighted by Gasteiger charge is -2.51. The highest BCUT2D eigenvalue weighted by Crippen LogP contribution is 2.52. The molecule has 1 aromatic heterocycles. The molecule has 0 aliphatic heterocycles. The average molecular weight is 319 g/mol. The molecule has 2 aliphatic carbocycles. The maximum absolute atomic E-state index is 11.1. The van der Waals surface area contributed by atoms with Crippen LogP contribution in [0.3, 0.4) is 0 Å². The number of aromatic nitrogens is 2. The van der Waals surface area contributed by atoms with E-state index in [1.807, 2.05) is 17.9 Å². The minimum Gasteiger partial charge on any atom is -0.481 e.